The number of nitrogens with one attached hydrogen (secondary N) is 1. The van der Waals surface area contributed by atoms with Gasteiger partial charge in [0.15, 0.2) is 6.23 Å². The summed E-state index contributed by atoms with van der Waals surface area (Å²) in [5.41, 5.74) is 0.893. The highest BCUT2D eigenvalue weighted by atomic mass is 79.9. The van der Waals surface area contributed by atoms with Crippen LogP contribution in [0.3, 0.4) is 0 Å². The minimum Gasteiger partial charge on any atom is -0.466 e. The fraction of sp³-hybridized carbons (Fsp3) is 0.0714. The van der Waals surface area contributed by atoms with Crippen molar-refractivity contribution in [2.24, 2.45) is 0 Å². The zero-order valence-electron chi connectivity index (χ0n) is 10.6. The van der Waals surface area contributed by atoms with E-state index in [4.69, 9.17) is 4.74 Å². The molecule has 0 bridgehead atoms. The lowest BCUT2D eigenvalue weighted by atomic mass is 10.1. The van der Waals surface area contributed by atoms with Gasteiger partial charge in [0.1, 0.15) is 5.75 Å². The van der Waals surface area contributed by atoms with Crippen molar-refractivity contribution in [1.29, 1.82) is 0 Å². The molecule has 0 radical (unpaired) electrons. The molecule has 0 aliphatic carbocycles. The van der Waals surface area contributed by atoms with Gasteiger partial charge in [-0.25, -0.2) is 0 Å². The second kappa shape index (κ2) is 5.17. The molecule has 7 heteroatoms. The van der Waals surface area contributed by atoms with Gasteiger partial charge in [0.05, 0.1) is 10.5 Å². The quantitative estimate of drug-likeness (QED) is 0.667. The van der Waals surface area contributed by atoms with Crippen LogP contribution in [0.25, 0.3) is 0 Å². The first-order valence-electron chi connectivity index (χ1n) is 6.06. The smallest absolute Gasteiger partial charge is 0.269 e. The van der Waals surface area contributed by atoms with E-state index < -0.39 is 11.2 Å². The maximum absolute atomic E-state index is 12.1. The van der Waals surface area contributed by atoms with Crippen molar-refractivity contribution in [3.05, 3.63) is 68.2 Å². The first-order valence-corrected chi connectivity index (χ1v) is 6.85. The van der Waals surface area contributed by atoms with Gasteiger partial charge in [0.25, 0.3) is 11.6 Å². The number of benzene rings is 2. The molecule has 1 aliphatic heterocycles. The number of nitro groups is 1. The Balaban J connectivity index is 1.96. The van der Waals surface area contributed by atoms with Crippen LogP contribution in [-0.4, -0.2) is 10.8 Å². The van der Waals surface area contributed by atoms with E-state index in [2.05, 4.69) is 21.2 Å². The Bertz CT molecular complexity index is 748. The lowest BCUT2D eigenvalue weighted by Gasteiger charge is -2.27. The standard InChI is InChI=1S/C14H9BrN2O4/c15-9-4-5-12-11(7-9)13(18)16-14(21-12)8-2-1-3-10(6-8)17(19)20/h1-7,14H,(H,16,18). The van der Waals surface area contributed by atoms with E-state index >= 15 is 0 Å². The molecular weight excluding hydrogens is 340 g/mol. The summed E-state index contributed by atoms with van der Waals surface area (Å²) in [4.78, 5) is 22.4. The van der Waals surface area contributed by atoms with E-state index in [1.165, 1.54) is 12.1 Å². The van der Waals surface area contributed by atoms with Crippen molar-refractivity contribution < 1.29 is 14.5 Å². The van der Waals surface area contributed by atoms with Crippen LogP contribution >= 0.6 is 15.9 Å². The molecule has 1 N–H and O–H groups in total. The number of ether oxygens (including phenoxy) is 1. The van der Waals surface area contributed by atoms with Crippen LogP contribution in [-0.2, 0) is 0 Å². The fourth-order valence-electron chi connectivity index (χ4n) is 2.09. The highest BCUT2D eigenvalue weighted by Crippen LogP contribution is 2.32. The Morgan fingerprint density at radius 2 is 2.05 bits per heavy atom. The molecule has 1 aliphatic rings. The van der Waals surface area contributed by atoms with Gasteiger partial charge in [0, 0.05) is 22.2 Å². The molecule has 0 saturated carbocycles. The summed E-state index contributed by atoms with van der Waals surface area (Å²) in [6, 6.07) is 11.1. The van der Waals surface area contributed by atoms with Crippen molar-refractivity contribution in [3.8, 4) is 5.75 Å². The fourth-order valence-corrected chi connectivity index (χ4v) is 2.45. The Morgan fingerprint density at radius 1 is 1.24 bits per heavy atom. The summed E-state index contributed by atoms with van der Waals surface area (Å²) in [7, 11) is 0. The Kier molecular flexibility index (Phi) is 3.34. The van der Waals surface area contributed by atoms with Crippen LogP contribution in [0.5, 0.6) is 5.75 Å². The second-order valence-electron chi connectivity index (χ2n) is 4.46. The summed E-state index contributed by atoms with van der Waals surface area (Å²) >= 11 is 3.29. The number of hydrogen-bond acceptors (Lipinski definition) is 4. The molecule has 1 unspecified atom stereocenters. The molecule has 6 nitrogen and oxygen atoms in total. The number of nitro benzene ring substituents is 1. The van der Waals surface area contributed by atoms with Crippen LogP contribution in [0.2, 0.25) is 0 Å². The van der Waals surface area contributed by atoms with Crippen LogP contribution in [0.1, 0.15) is 22.1 Å². The molecule has 21 heavy (non-hydrogen) atoms. The summed E-state index contributed by atoms with van der Waals surface area (Å²) in [6.45, 7) is 0. The Hall–Kier alpha value is -2.41. The molecule has 3 rings (SSSR count). The average molecular weight is 349 g/mol. The van der Waals surface area contributed by atoms with Crippen molar-refractivity contribution >= 4 is 27.5 Å². The summed E-state index contributed by atoms with van der Waals surface area (Å²) in [5, 5.41) is 13.5. The highest BCUT2D eigenvalue weighted by molar-refractivity contribution is 9.10. The molecule has 1 amide bonds. The normalized spacial score (nSPS) is 16.6. The molecule has 0 fully saturated rings. The van der Waals surface area contributed by atoms with Gasteiger partial charge in [-0.1, -0.05) is 28.1 Å². The maximum atomic E-state index is 12.1. The number of hydrogen-bond donors (Lipinski definition) is 1. The van der Waals surface area contributed by atoms with Crippen LogP contribution < -0.4 is 10.1 Å². The van der Waals surface area contributed by atoms with E-state index in [1.54, 1.807) is 30.3 Å². The Labute approximate surface area is 128 Å². The van der Waals surface area contributed by atoms with Crippen molar-refractivity contribution in [2.75, 3.05) is 0 Å². The van der Waals surface area contributed by atoms with Crippen LogP contribution in [0, 0.1) is 10.1 Å². The average Bonchev–Trinajstić information content (AvgIpc) is 2.48. The van der Waals surface area contributed by atoms with Crippen molar-refractivity contribution in [1.82, 2.24) is 5.32 Å². The molecule has 1 atom stereocenters. The highest BCUT2D eigenvalue weighted by Gasteiger charge is 2.27. The number of amides is 1. The number of halogens is 1. The number of nitrogens with zero attached hydrogens (tertiary/aromatic N) is 1. The maximum Gasteiger partial charge on any atom is 0.269 e. The lowest BCUT2D eigenvalue weighted by molar-refractivity contribution is -0.385. The Morgan fingerprint density at radius 3 is 2.81 bits per heavy atom. The molecule has 0 saturated heterocycles. The number of carbonyl (C=O) groups excluding carboxylic acids is 1. The van der Waals surface area contributed by atoms with Crippen molar-refractivity contribution in [3.63, 3.8) is 0 Å². The molecule has 1 heterocycles. The molecule has 106 valence electrons. The summed E-state index contributed by atoms with van der Waals surface area (Å²) in [5.74, 6) is 0.160. The van der Waals surface area contributed by atoms with Gasteiger partial charge in [0.2, 0.25) is 0 Å². The summed E-state index contributed by atoms with van der Waals surface area (Å²) < 4.78 is 6.47. The third-order valence-electron chi connectivity index (χ3n) is 3.08. The second-order valence-corrected chi connectivity index (χ2v) is 5.38. The van der Waals surface area contributed by atoms with Gasteiger partial charge in [-0.05, 0) is 18.2 Å². The van der Waals surface area contributed by atoms with E-state index in [-0.39, 0.29) is 11.6 Å². The van der Waals surface area contributed by atoms with Crippen molar-refractivity contribution in [2.45, 2.75) is 6.23 Å². The third kappa shape index (κ3) is 2.59. The van der Waals surface area contributed by atoms with E-state index in [1.807, 2.05) is 0 Å². The van der Waals surface area contributed by atoms with Crippen LogP contribution in [0.4, 0.5) is 5.69 Å². The molecular formula is C14H9BrN2O4. The van der Waals surface area contributed by atoms with Gasteiger partial charge >= 0.3 is 0 Å². The van der Waals surface area contributed by atoms with Gasteiger partial charge < -0.3 is 10.1 Å². The van der Waals surface area contributed by atoms with Gasteiger partial charge in [-0.3, -0.25) is 14.9 Å². The van der Waals surface area contributed by atoms with Gasteiger partial charge in [-0.15, -0.1) is 0 Å². The summed E-state index contributed by atoms with van der Waals surface area (Å²) in [6.07, 6.45) is -0.744. The topological polar surface area (TPSA) is 81.5 Å². The largest absolute Gasteiger partial charge is 0.466 e. The van der Waals surface area contributed by atoms with Gasteiger partial charge in [-0.2, -0.15) is 0 Å². The number of fused-ring (bicyclic) bond motifs is 1. The molecule has 2 aromatic rings. The molecule has 0 aromatic heterocycles. The minimum absolute atomic E-state index is 0.0491. The third-order valence-corrected chi connectivity index (χ3v) is 3.57. The number of rotatable bonds is 2. The zero-order valence-corrected chi connectivity index (χ0v) is 12.2. The van der Waals surface area contributed by atoms with E-state index in [0.29, 0.717) is 16.9 Å². The SMILES string of the molecule is O=C1NC(c2cccc([N+](=O)[O-])c2)Oc2ccc(Br)cc21. The van der Waals surface area contributed by atoms with E-state index in [9.17, 15) is 14.9 Å². The lowest BCUT2D eigenvalue weighted by Crippen LogP contribution is -2.36. The zero-order chi connectivity index (χ0) is 15.0. The number of carbonyl (C=O) groups is 1. The number of non-ortho nitro benzene ring substituents is 1. The predicted molar refractivity (Wildman–Crippen MR) is 78.1 cm³/mol. The van der Waals surface area contributed by atoms with E-state index in [0.717, 1.165) is 4.47 Å². The van der Waals surface area contributed by atoms with Crippen LogP contribution in [0.15, 0.2) is 46.9 Å². The minimum atomic E-state index is -0.744. The monoisotopic (exact) mass is 348 g/mol. The first-order chi connectivity index (χ1) is 10.0. The first kappa shape index (κ1) is 13.6. The predicted octanol–water partition coefficient (Wildman–Crippen LogP) is 3.18. The molecule has 0 spiro atoms. The molecule has 2 aromatic carbocycles.